The number of hydrogen-bond donors (Lipinski definition) is 0. The van der Waals surface area contributed by atoms with Crippen molar-refractivity contribution < 1.29 is 4.74 Å². The smallest absolute Gasteiger partial charge is 0.250 e. The van der Waals surface area contributed by atoms with E-state index in [9.17, 15) is 0 Å². The van der Waals surface area contributed by atoms with Gasteiger partial charge < -0.3 is 9.58 Å². The average molecular weight is 141 g/mol. The molecule has 0 rings (SSSR count). The molecular formula is C8H15NO. The Labute approximate surface area is 63.0 Å². The highest BCUT2D eigenvalue weighted by atomic mass is 16.5. The average Bonchev–Trinajstić information content (AvgIpc) is 1.85. The maximum Gasteiger partial charge on any atom is 0.250 e. The first-order valence-electron chi connectivity index (χ1n) is 3.48. The highest BCUT2D eigenvalue weighted by Gasteiger charge is 2.23. The maximum atomic E-state index is 6.79. The summed E-state index contributed by atoms with van der Waals surface area (Å²) in [6.07, 6.45) is 0.223. The Morgan fingerprint density at radius 2 is 2.00 bits per heavy atom. The van der Waals surface area contributed by atoms with Crippen LogP contribution < -0.4 is 0 Å². The van der Waals surface area contributed by atoms with Crippen LogP contribution in [0.5, 0.6) is 0 Å². The lowest BCUT2D eigenvalue weighted by molar-refractivity contribution is 0.0584. The molecule has 0 saturated carbocycles. The molecule has 10 heavy (non-hydrogen) atoms. The van der Waals surface area contributed by atoms with Crippen molar-refractivity contribution in [1.82, 2.24) is 0 Å². The lowest BCUT2D eigenvalue weighted by Crippen LogP contribution is -2.24. The maximum absolute atomic E-state index is 6.79. The van der Waals surface area contributed by atoms with Crippen molar-refractivity contribution in [2.24, 2.45) is 0 Å². The van der Waals surface area contributed by atoms with Gasteiger partial charge >= 0.3 is 0 Å². The Hall–Kier alpha value is -0.550. The monoisotopic (exact) mass is 141 g/mol. The molecule has 0 aromatic heterocycles. The number of hydrogen-bond acceptors (Lipinski definition) is 1. The molecule has 2 heteroatoms. The summed E-state index contributed by atoms with van der Waals surface area (Å²) in [4.78, 5) is 3.42. The van der Waals surface area contributed by atoms with Gasteiger partial charge in [-0.3, -0.25) is 0 Å². The Balaban J connectivity index is 3.60. The SMILES string of the molecule is [C-]#[N+]C(C)(C)COC(C)C. The Kier molecular flexibility index (Phi) is 3.38. The van der Waals surface area contributed by atoms with E-state index in [4.69, 9.17) is 11.3 Å². The molecule has 0 bridgehead atoms. The van der Waals surface area contributed by atoms with Gasteiger partial charge in [-0.2, -0.15) is 0 Å². The molecule has 0 atom stereocenters. The van der Waals surface area contributed by atoms with Gasteiger partial charge in [0.2, 0.25) is 5.54 Å². The zero-order valence-electron chi connectivity index (χ0n) is 7.14. The molecule has 58 valence electrons. The molecule has 0 fully saturated rings. The summed E-state index contributed by atoms with van der Waals surface area (Å²) >= 11 is 0. The Morgan fingerprint density at radius 3 is 2.30 bits per heavy atom. The fourth-order valence-corrected chi connectivity index (χ4v) is 0.403. The molecule has 0 heterocycles. The predicted octanol–water partition coefficient (Wildman–Crippen LogP) is 2.11. The van der Waals surface area contributed by atoms with Crippen LogP contribution >= 0.6 is 0 Å². The van der Waals surface area contributed by atoms with E-state index in [1.54, 1.807) is 0 Å². The minimum Gasteiger partial charge on any atom is -0.370 e. The lowest BCUT2D eigenvalue weighted by atomic mass is 10.1. The molecular weight excluding hydrogens is 126 g/mol. The topological polar surface area (TPSA) is 13.6 Å². The van der Waals surface area contributed by atoms with Gasteiger partial charge in [0.05, 0.1) is 6.10 Å². The minimum absolute atomic E-state index is 0.223. The van der Waals surface area contributed by atoms with Crippen LogP contribution in [0, 0.1) is 6.57 Å². The van der Waals surface area contributed by atoms with E-state index in [2.05, 4.69) is 4.85 Å². The van der Waals surface area contributed by atoms with Crippen molar-refractivity contribution in [1.29, 1.82) is 0 Å². The second-order valence-corrected chi connectivity index (χ2v) is 3.28. The third-order valence-electron chi connectivity index (χ3n) is 1.07. The normalized spacial score (nSPS) is 11.6. The summed E-state index contributed by atoms with van der Waals surface area (Å²) in [6.45, 7) is 15.0. The van der Waals surface area contributed by atoms with E-state index in [1.165, 1.54) is 0 Å². The molecule has 0 aromatic rings. The van der Waals surface area contributed by atoms with E-state index in [0.29, 0.717) is 6.61 Å². The van der Waals surface area contributed by atoms with Crippen molar-refractivity contribution in [2.75, 3.05) is 6.61 Å². The summed E-state index contributed by atoms with van der Waals surface area (Å²) in [5.74, 6) is 0. The highest BCUT2D eigenvalue weighted by Crippen LogP contribution is 2.09. The van der Waals surface area contributed by atoms with Crippen LogP contribution in [0.15, 0.2) is 0 Å². The van der Waals surface area contributed by atoms with Crippen molar-refractivity contribution in [3.63, 3.8) is 0 Å². The predicted molar refractivity (Wildman–Crippen MR) is 41.8 cm³/mol. The summed E-state index contributed by atoms with van der Waals surface area (Å²) < 4.78 is 5.28. The van der Waals surface area contributed by atoms with Crippen LogP contribution in [0.1, 0.15) is 27.7 Å². The summed E-state index contributed by atoms with van der Waals surface area (Å²) in [6, 6.07) is 0. The van der Waals surface area contributed by atoms with Crippen molar-refractivity contribution >= 4 is 0 Å². The molecule has 2 nitrogen and oxygen atoms in total. The Bertz CT molecular complexity index is 133. The lowest BCUT2D eigenvalue weighted by Gasteiger charge is -2.13. The van der Waals surface area contributed by atoms with Gasteiger partial charge in [0.15, 0.2) is 0 Å². The van der Waals surface area contributed by atoms with E-state index in [-0.39, 0.29) is 11.6 Å². The van der Waals surface area contributed by atoms with E-state index >= 15 is 0 Å². The van der Waals surface area contributed by atoms with Gasteiger partial charge in [-0.15, -0.1) is 0 Å². The number of nitrogens with zero attached hydrogens (tertiary/aromatic N) is 1. The fourth-order valence-electron chi connectivity index (χ4n) is 0.403. The van der Waals surface area contributed by atoms with Gasteiger partial charge in [-0.25, -0.2) is 6.57 Å². The van der Waals surface area contributed by atoms with Gasteiger partial charge in [0.1, 0.15) is 6.61 Å². The van der Waals surface area contributed by atoms with Gasteiger partial charge in [0, 0.05) is 13.8 Å². The van der Waals surface area contributed by atoms with Gasteiger partial charge in [0.25, 0.3) is 0 Å². The zero-order chi connectivity index (χ0) is 8.20. The first-order valence-corrected chi connectivity index (χ1v) is 3.48. The number of ether oxygens (including phenoxy) is 1. The van der Waals surface area contributed by atoms with Crippen LogP contribution in [-0.4, -0.2) is 18.2 Å². The molecule has 0 amide bonds. The third-order valence-corrected chi connectivity index (χ3v) is 1.07. The van der Waals surface area contributed by atoms with Crippen LogP contribution in [0.2, 0.25) is 0 Å². The van der Waals surface area contributed by atoms with Gasteiger partial charge in [-0.1, -0.05) is 0 Å². The van der Waals surface area contributed by atoms with Gasteiger partial charge in [-0.05, 0) is 13.8 Å². The molecule has 0 radical (unpaired) electrons. The van der Waals surface area contributed by atoms with Crippen LogP contribution in [0.3, 0.4) is 0 Å². The molecule has 0 aromatic carbocycles. The van der Waals surface area contributed by atoms with E-state index < -0.39 is 0 Å². The standard InChI is InChI=1S/C8H15NO/c1-7(2)10-6-8(3,4)9-5/h7H,6H2,1-4H3. The molecule has 0 aliphatic heterocycles. The molecule has 0 aliphatic carbocycles. The van der Waals surface area contributed by atoms with Crippen molar-refractivity contribution in [3.8, 4) is 0 Å². The highest BCUT2D eigenvalue weighted by molar-refractivity contribution is 4.89. The number of rotatable bonds is 3. The second kappa shape index (κ2) is 3.58. The summed E-state index contributed by atoms with van der Waals surface area (Å²) in [5, 5.41) is 0. The Morgan fingerprint density at radius 1 is 1.50 bits per heavy atom. The first-order chi connectivity index (χ1) is 4.48. The van der Waals surface area contributed by atoms with Crippen LogP contribution in [-0.2, 0) is 4.74 Å². The quantitative estimate of drug-likeness (QED) is 0.549. The fraction of sp³-hybridized carbons (Fsp3) is 0.875. The van der Waals surface area contributed by atoms with Crippen LogP contribution in [0.4, 0.5) is 0 Å². The van der Waals surface area contributed by atoms with Crippen LogP contribution in [0.25, 0.3) is 4.85 Å². The first kappa shape index (κ1) is 9.45. The van der Waals surface area contributed by atoms with E-state index in [0.717, 1.165) is 0 Å². The minimum atomic E-state index is -0.357. The van der Waals surface area contributed by atoms with E-state index in [1.807, 2.05) is 27.7 Å². The third kappa shape index (κ3) is 4.34. The molecule has 0 unspecified atom stereocenters. The van der Waals surface area contributed by atoms with Crippen molar-refractivity contribution in [3.05, 3.63) is 11.4 Å². The molecule has 0 spiro atoms. The summed E-state index contributed by atoms with van der Waals surface area (Å²) in [5.41, 5.74) is -0.357. The molecule has 0 saturated heterocycles. The zero-order valence-corrected chi connectivity index (χ0v) is 7.14. The second-order valence-electron chi connectivity index (χ2n) is 3.28. The largest absolute Gasteiger partial charge is 0.370 e. The molecule has 0 N–H and O–H groups in total. The van der Waals surface area contributed by atoms with Crippen molar-refractivity contribution in [2.45, 2.75) is 39.3 Å². The molecule has 0 aliphatic rings. The summed E-state index contributed by atoms with van der Waals surface area (Å²) in [7, 11) is 0.